The summed E-state index contributed by atoms with van der Waals surface area (Å²) in [6, 6.07) is 7.81. The third kappa shape index (κ3) is 2.49. The molecule has 0 aliphatic rings. The highest BCUT2D eigenvalue weighted by Gasteiger charge is 1.99. The minimum Gasteiger partial charge on any atom is -0.399 e. The monoisotopic (exact) mass is 230 g/mol. The number of nitrogens with zero attached hydrogens (tertiary/aromatic N) is 1. The molecule has 2 aromatic rings. The van der Waals surface area contributed by atoms with Crippen LogP contribution in [0.4, 0.5) is 5.69 Å². The summed E-state index contributed by atoms with van der Waals surface area (Å²) in [7, 11) is 0. The SMILES string of the molecule is Cc1nc(/C=C/c2cccc(N)c2)sc1C. The molecule has 2 nitrogen and oxygen atoms in total. The van der Waals surface area contributed by atoms with E-state index in [1.165, 1.54) is 4.88 Å². The molecule has 0 radical (unpaired) electrons. The van der Waals surface area contributed by atoms with E-state index in [1.807, 2.05) is 43.3 Å². The molecule has 0 saturated heterocycles. The van der Waals surface area contributed by atoms with Crippen LogP contribution in [0.1, 0.15) is 21.1 Å². The Morgan fingerprint density at radius 1 is 1.25 bits per heavy atom. The molecule has 0 fully saturated rings. The summed E-state index contributed by atoms with van der Waals surface area (Å²) in [5.41, 5.74) is 8.71. The fourth-order valence-electron chi connectivity index (χ4n) is 1.40. The number of nitrogens with two attached hydrogens (primary N) is 1. The van der Waals surface area contributed by atoms with Crippen LogP contribution in [0.2, 0.25) is 0 Å². The van der Waals surface area contributed by atoms with Crippen molar-refractivity contribution in [1.29, 1.82) is 0 Å². The summed E-state index contributed by atoms with van der Waals surface area (Å²) in [6.07, 6.45) is 4.06. The zero-order valence-electron chi connectivity index (χ0n) is 9.40. The molecule has 16 heavy (non-hydrogen) atoms. The van der Waals surface area contributed by atoms with E-state index >= 15 is 0 Å². The van der Waals surface area contributed by atoms with Crippen LogP contribution in [0.5, 0.6) is 0 Å². The quantitative estimate of drug-likeness (QED) is 0.802. The lowest BCUT2D eigenvalue weighted by Crippen LogP contribution is -1.83. The van der Waals surface area contributed by atoms with Gasteiger partial charge in [-0.15, -0.1) is 11.3 Å². The molecule has 0 unspecified atom stereocenters. The number of thiazole rings is 1. The van der Waals surface area contributed by atoms with Crippen LogP contribution in [0, 0.1) is 13.8 Å². The van der Waals surface area contributed by atoms with Crippen LogP contribution in [0.3, 0.4) is 0 Å². The van der Waals surface area contributed by atoms with E-state index in [9.17, 15) is 0 Å². The van der Waals surface area contributed by atoms with E-state index < -0.39 is 0 Å². The van der Waals surface area contributed by atoms with Gasteiger partial charge in [0.05, 0.1) is 5.69 Å². The Balaban J connectivity index is 2.21. The van der Waals surface area contributed by atoms with Crippen LogP contribution in [0.25, 0.3) is 12.2 Å². The maximum atomic E-state index is 5.71. The number of nitrogen functional groups attached to an aromatic ring is 1. The molecule has 1 aromatic carbocycles. The summed E-state index contributed by atoms with van der Waals surface area (Å²) in [6.45, 7) is 4.12. The molecule has 0 spiro atoms. The van der Waals surface area contributed by atoms with Gasteiger partial charge in [-0.05, 0) is 37.6 Å². The lowest BCUT2D eigenvalue weighted by atomic mass is 10.2. The van der Waals surface area contributed by atoms with Gasteiger partial charge in [-0.2, -0.15) is 0 Å². The average molecular weight is 230 g/mol. The van der Waals surface area contributed by atoms with Crippen molar-refractivity contribution in [3.8, 4) is 0 Å². The summed E-state index contributed by atoms with van der Waals surface area (Å²) >= 11 is 1.71. The molecule has 2 rings (SSSR count). The van der Waals surface area contributed by atoms with Crippen molar-refractivity contribution >= 4 is 29.2 Å². The maximum absolute atomic E-state index is 5.71. The molecular formula is C13H14N2S. The highest BCUT2D eigenvalue weighted by Crippen LogP contribution is 2.19. The zero-order chi connectivity index (χ0) is 11.5. The van der Waals surface area contributed by atoms with E-state index in [0.29, 0.717) is 0 Å². The zero-order valence-corrected chi connectivity index (χ0v) is 10.2. The third-order valence-corrected chi connectivity index (χ3v) is 3.41. The first-order chi connectivity index (χ1) is 7.65. The summed E-state index contributed by atoms with van der Waals surface area (Å²) in [5.74, 6) is 0. The molecule has 0 saturated carbocycles. The molecule has 0 aliphatic heterocycles. The third-order valence-electron chi connectivity index (χ3n) is 2.37. The second-order valence-corrected chi connectivity index (χ2v) is 4.93. The summed E-state index contributed by atoms with van der Waals surface area (Å²) in [5, 5.41) is 1.04. The van der Waals surface area contributed by atoms with Gasteiger partial charge in [0.15, 0.2) is 0 Å². The molecule has 1 heterocycles. The van der Waals surface area contributed by atoms with Crippen molar-refractivity contribution in [2.24, 2.45) is 0 Å². The fraction of sp³-hybridized carbons (Fsp3) is 0.154. The van der Waals surface area contributed by atoms with Crippen molar-refractivity contribution < 1.29 is 0 Å². The van der Waals surface area contributed by atoms with E-state index in [-0.39, 0.29) is 0 Å². The second kappa shape index (κ2) is 4.49. The number of aryl methyl sites for hydroxylation is 2. The molecule has 2 N–H and O–H groups in total. The second-order valence-electron chi connectivity index (χ2n) is 3.70. The number of anilines is 1. The van der Waals surface area contributed by atoms with Gasteiger partial charge in [0.25, 0.3) is 0 Å². The number of hydrogen-bond acceptors (Lipinski definition) is 3. The Morgan fingerprint density at radius 2 is 2.06 bits per heavy atom. The van der Waals surface area contributed by atoms with Gasteiger partial charge < -0.3 is 5.73 Å². The van der Waals surface area contributed by atoms with Crippen LogP contribution in [0.15, 0.2) is 24.3 Å². The Morgan fingerprint density at radius 3 is 2.69 bits per heavy atom. The molecule has 0 amide bonds. The normalized spacial score (nSPS) is 11.1. The summed E-state index contributed by atoms with van der Waals surface area (Å²) in [4.78, 5) is 5.72. The Hall–Kier alpha value is -1.61. The largest absolute Gasteiger partial charge is 0.399 e. The first kappa shape index (κ1) is 10.9. The van der Waals surface area contributed by atoms with Crippen LogP contribution in [-0.2, 0) is 0 Å². The van der Waals surface area contributed by atoms with Crippen molar-refractivity contribution in [3.05, 3.63) is 45.4 Å². The number of hydrogen-bond donors (Lipinski definition) is 1. The molecule has 1 aromatic heterocycles. The van der Waals surface area contributed by atoms with E-state index in [2.05, 4.69) is 11.9 Å². The first-order valence-electron chi connectivity index (χ1n) is 5.13. The maximum Gasteiger partial charge on any atom is 0.116 e. The number of rotatable bonds is 2. The van der Waals surface area contributed by atoms with E-state index in [4.69, 9.17) is 5.73 Å². The van der Waals surface area contributed by atoms with Crippen LogP contribution in [-0.4, -0.2) is 4.98 Å². The predicted molar refractivity (Wildman–Crippen MR) is 71.4 cm³/mol. The lowest BCUT2D eigenvalue weighted by Gasteiger charge is -1.94. The van der Waals surface area contributed by atoms with Gasteiger partial charge in [-0.1, -0.05) is 18.2 Å². The Kier molecular flexibility index (Phi) is 3.06. The highest BCUT2D eigenvalue weighted by molar-refractivity contribution is 7.12. The highest BCUT2D eigenvalue weighted by atomic mass is 32.1. The van der Waals surface area contributed by atoms with Crippen LogP contribution >= 0.6 is 11.3 Å². The van der Waals surface area contributed by atoms with E-state index in [1.54, 1.807) is 11.3 Å². The van der Waals surface area contributed by atoms with Crippen molar-refractivity contribution in [1.82, 2.24) is 4.98 Å². The molecular weight excluding hydrogens is 216 g/mol. The fourth-order valence-corrected chi connectivity index (χ4v) is 2.22. The number of aromatic nitrogens is 1. The van der Waals surface area contributed by atoms with Crippen molar-refractivity contribution in [2.45, 2.75) is 13.8 Å². The van der Waals surface area contributed by atoms with Gasteiger partial charge in [0, 0.05) is 10.6 Å². The van der Waals surface area contributed by atoms with Crippen molar-refractivity contribution in [3.63, 3.8) is 0 Å². The van der Waals surface area contributed by atoms with Crippen LogP contribution < -0.4 is 5.73 Å². The number of benzene rings is 1. The topological polar surface area (TPSA) is 38.9 Å². The van der Waals surface area contributed by atoms with E-state index in [0.717, 1.165) is 22.0 Å². The molecule has 0 atom stereocenters. The smallest absolute Gasteiger partial charge is 0.116 e. The Bertz CT molecular complexity index is 507. The molecule has 0 bridgehead atoms. The summed E-state index contributed by atoms with van der Waals surface area (Å²) < 4.78 is 0. The Labute approximate surface area is 99.5 Å². The minimum absolute atomic E-state index is 0.786. The van der Waals surface area contributed by atoms with Gasteiger partial charge in [-0.3, -0.25) is 0 Å². The predicted octanol–water partition coefficient (Wildman–Crippen LogP) is 3.51. The molecule has 3 heteroatoms. The average Bonchev–Trinajstić information content (AvgIpc) is 2.56. The molecule has 82 valence electrons. The minimum atomic E-state index is 0.786. The lowest BCUT2D eigenvalue weighted by molar-refractivity contribution is 1.22. The molecule has 0 aliphatic carbocycles. The van der Waals surface area contributed by atoms with Gasteiger partial charge >= 0.3 is 0 Å². The van der Waals surface area contributed by atoms with Gasteiger partial charge in [0.1, 0.15) is 5.01 Å². The standard InChI is InChI=1S/C13H14N2S/c1-9-10(2)16-13(15-9)7-6-11-4-3-5-12(14)8-11/h3-8H,14H2,1-2H3/b7-6+. The van der Waals surface area contributed by atoms with Crippen molar-refractivity contribution in [2.75, 3.05) is 5.73 Å². The van der Waals surface area contributed by atoms with Gasteiger partial charge in [-0.25, -0.2) is 4.98 Å². The van der Waals surface area contributed by atoms with Gasteiger partial charge in [0.2, 0.25) is 0 Å². The first-order valence-corrected chi connectivity index (χ1v) is 5.94.